The smallest absolute Gasteiger partial charge is 0.260 e. The molecule has 1 aromatic rings. The number of ether oxygens (including phenoxy) is 1. The van der Waals surface area contributed by atoms with Crippen LogP contribution in [0.2, 0.25) is 5.02 Å². The van der Waals surface area contributed by atoms with E-state index in [4.69, 9.17) is 16.3 Å². The number of amides is 1. The standard InChI is InChI=1S/C13H15BrClNO3/c14-9-3-4-12(11(15)6-9)19-8-13(18)16-5-1-2-10(16)7-17/h3-4,6,10,17H,1-2,5,7-8H2. The van der Waals surface area contributed by atoms with Crippen molar-refractivity contribution in [3.05, 3.63) is 27.7 Å². The first-order valence-corrected chi connectivity index (χ1v) is 7.27. The van der Waals surface area contributed by atoms with Crippen LogP contribution in [0, 0.1) is 0 Å². The summed E-state index contributed by atoms with van der Waals surface area (Å²) in [4.78, 5) is 13.7. The maximum atomic E-state index is 12.0. The SMILES string of the molecule is O=C(COc1ccc(Br)cc1Cl)N1CCCC1CO. The first-order chi connectivity index (χ1) is 9.11. The van der Waals surface area contributed by atoms with Gasteiger partial charge >= 0.3 is 0 Å². The first-order valence-electron chi connectivity index (χ1n) is 6.10. The molecule has 1 N–H and O–H groups in total. The molecule has 1 unspecified atom stereocenters. The van der Waals surface area contributed by atoms with Gasteiger partial charge in [-0.05, 0) is 31.0 Å². The molecule has 0 aliphatic carbocycles. The molecule has 1 heterocycles. The molecule has 1 aromatic carbocycles. The van der Waals surface area contributed by atoms with Crippen molar-refractivity contribution >= 4 is 33.4 Å². The second-order valence-electron chi connectivity index (χ2n) is 4.43. The van der Waals surface area contributed by atoms with Crippen LogP contribution in [-0.2, 0) is 4.79 Å². The highest BCUT2D eigenvalue weighted by Crippen LogP contribution is 2.28. The number of carbonyl (C=O) groups excluding carboxylic acids is 1. The Balaban J connectivity index is 1.93. The quantitative estimate of drug-likeness (QED) is 0.909. The van der Waals surface area contributed by atoms with Crippen LogP contribution in [-0.4, -0.2) is 41.7 Å². The van der Waals surface area contributed by atoms with E-state index in [1.807, 2.05) is 0 Å². The van der Waals surface area contributed by atoms with Gasteiger partial charge in [0.25, 0.3) is 5.91 Å². The normalized spacial score (nSPS) is 18.7. The minimum absolute atomic E-state index is 0.00474. The molecule has 104 valence electrons. The monoisotopic (exact) mass is 347 g/mol. The van der Waals surface area contributed by atoms with E-state index < -0.39 is 0 Å². The number of aliphatic hydroxyl groups is 1. The van der Waals surface area contributed by atoms with Crippen LogP contribution in [0.5, 0.6) is 5.75 Å². The number of likely N-dealkylation sites (tertiary alicyclic amines) is 1. The fourth-order valence-electron chi connectivity index (χ4n) is 2.17. The van der Waals surface area contributed by atoms with Crippen molar-refractivity contribution < 1.29 is 14.6 Å². The van der Waals surface area contributed by atoms with E-state index in [2.05, 4.69) is 15.9 Å². The third-order valence-corrected chi connectivity index (χ3v) is 3.94. The largest absolute Gasteiger partial charge is 0.482 e. The van der Waals surface area contributed by atoms with Gasteiger partial charge in [-0.15, -0.1) is 0 Å². The summed E-state index contributed by atoms with van der Waals surface area (Å²) >= 11 is 9.31. The van der Waals surface area contributed by atoms with Crippen LogP contribution in [0.25, 0.3) is 0 Å². The number of rotatable bonds is 4. The highest BCUT2D eigenvalue weighted by Gasteiger charge is 2.28. The van der Waals surface area contributed by atoms with Gasteiger partial charge in [0, 0.05) is 11.0 Å². The van der Waals surface area contributed by atoms with E-state index in [1.54, 1.807) is 23.1 Å². The molecule has 19 heavy (non-hydrogen) atoms. The summed E-state index contributed by atoms with van der Waals surface area (Å²) in [5, 5.41) is 9.64. The van der Waals surface area contributed by atoms with Gasteiger partial charge in [-0.3, -0.25) is 4.79 Å². The minimum atomic E-state index is -0.115. The van der Waals surface area contributed by atoms with Crippen molar-refractivity contribution in [1.82, 2.24) is 4.90 Å². The lowest BCUT2D eigenvalue weighted by Crippen LogP contribution is -2.40. The van der Waals surface area contributed by atoms with Crippen LogP contribution >= 0.6 is 27.5 Å². The van der Waals surface area contributed by atoms with Crippen LogP contribution in [0.15, 0.2) is 22.7 Å². The molecule has 1 aliphatic rings. The van der Waals surface area contributed by atoms with Crippen molar-refractivity contribution in [2.24, 2.45) is 0 Å². The Morgan fingerprint density at radius 2 is 2.37 bits per heavy atom. The fourth-order valence-corrected chi connectivity index (χ4v) is 2.90. The van der Waals surface area contributed by atoms with E-state index in [1.165, 1.54) is 0 Å². The number of halogens is 2. The molecule has 0 radical (unpaired) electrons. The zero-order valence-corrected chi connectivity index (χ0v) is 12.7. The lowest BCUT2D eigenvalue weighted by atomic mass is 10.2. The van der Waals surface area contributed by atoms with Crippen molar-refractivity contribution in [2.45, 2.75) is 18.9 Å². The summed E-state index contributed by atoms with van der Waals surface area (Å²) in [6.07, 6.45) is 1.78. The van der Waals surface area contributed by atoms with Crippen molar-refractivity contribution in [3.8, 4) is 5.75 Å². The summed E-state index contributed by atoms with van der Waals surface area (Å²) in [7, 11) is 0. The summed E-state index contributed by atoms with van der Waals surface area (Å²) in [6.45, 7) is 0.629. The average molecular weight is 349 g/mol. The van der Waals surface area contributed by atoms with E-state index >= 15 is 0 Å². The van der Waals surface area contributed by atoms with Crippen LogP contribution in [0.1, 0.15) is 12.8 Å². The molecular weight excluding hydrogens is 334 g/mol. The van der Waals surface area contributed by atoms with Gasteiger partial charge in [-0.1, -0.05) is 27.5 Å². The Hall–Kier alpha value is -0.780. The molecule has 2 rings (SSSR count). The first kappa shape index (κ1) is 14.6. The van der Waals surface area contributed by atoms with Crippen LogP contribution < -0.4 is 4.74 Å². The Morgan fingerprint density at radius 1 is 1.58 bits per heavy atom. The molecule has 6 heteroatoms. The number of benzene rings is 1. The molecule has 0 aromatic heterocycles. The van der Waals surface area contributed by atoms with Crippen LogP contribution in [0.4, 0.5) is 0 Å². The summed E-state index contributed by atoms with van der Waals surface area (Å²) < 4.78 is 6.29. The third kappa shape index (κ3) is 3.61. The zero-order valence-electron chi connectivity index (χ0n) is 10.3. The topological polar surface area (TPSA) is 49.8 Å². The Bertz CT molecular complexity index is 469. The highest BCUT2D eigenvalue weighted by atomic mass is 79.9. The molecule has 0 bridgehead atoms. The molecule has 1 saturated heterocycles. The molecule has 1 aliphatic heterocycles. The minimum Gasteiger partial charge on any atom is -0.482 e. The molecule has 1 atom stereocenters. The zero-order chi connectivity index (χ0) is 13.8. The van der Waals surface area contributed by atoms with Crippen molar-refractivity contribution in [2.75, 3.05) is 19.8 Å². The maximum absolute atomic E-state index is 12.0. The maximum Gasteiger partial charge on any atom is 0.260 e. The van der Waals surface area contributed by atoms with Gasteiger partial charge in [-0.25, -0.2) is 0 Å². The van der Waals surface area contributed by atoms with Gasteiger partial charge in [0.1, 0.15) is 5.75 Å². The van der Waals surface area contributed by atoms with Gasteiger partial charge in [0.2, 0.25) is 0 Å². The average Bonchev–Trinajstić information content (AvgIpc) is 2.85. The summed E-state index contributed by atoms with van der Waals surface area (Å²) in [6, 6.07) is 5.16. The van der Waals surface area contributed by atoms with Crippen molar-refractivity contribution in [1.29, 1.82) is 0 Å². The molecule has 0 spiro atoms. The van der Waals surface area contributed by atoms with Crippen LogP contribution in [0.3, 0.4) is 0 Å². The number of hydrogen-bond acceptors (Lipinski definition) is 3. The third-order valence-electron chi connectivity index (χ3n) is 3.15. The predicted molar refractivity (Wildman–Crippen MR) is 76.5 cm³/mol. The second kappa shape index (κ2) is 6.59. The Labute approximate surface area is 125 Å². The predicted octanol–water partition coefficient (Wildman–Crippen LogP) is 2.46. The van der Waals surface area contributed by atoms with Gasteiger partial charge in [0.05, 0.1) is 17.7 Å². The number of nitrogens with zero attached hydrogens (tertiary/aromatic N) is 1. The number of carbonyl (C=O) groups is 1. The highest BCUT2D eigenvalue weighted by molar-refractivity contribution is 9.10. The molecular formula is C13H15BrClNO3. The number of aliphatic hydroxyl groups excluding tert-OH is 1. The molecule has 0 saturated carbocycles. The second-order valence-corrected chi connectivity index (χ2v) is 5.75. The van der Waals surface area contributed by atoms with E-state index in [9.17, 15) is 9.90 Å². The lowest BCUT2D eigenvalue weighted by Gasteiger charge is -2.23. The number of hydrogen-bond donors (Lipinski definition) is 1. The summed E-state index contributed by atoms with van der Waals surface area (Å²) in [5.74, 6) is 0.369. The molecule has 4 nitrogen and oxygen atoms in total. The molecule has 1 amide bonds. The van der Waals surface area contributed by atoms with Gasteiger partial charge in [0.15, 0.2) is 6.61 Å². The Morgan fingerprint density at radius 3 is 3.05 bits per heavy atom. The van der Waals surface area contributed by atoms with Gasteiger partial charge in [-0.2, -0.15) is 0 Å². The van der Waals surface area contributed by atoms with Gasteiger partial charge < -0.3 is 14.7 Å². The Kier molecular flexibility index (Phi) is 5.07. The lowest BCUT2D eigenvalue weighted by molar-refractivity contribution is -0.134. The van der Waals surface area contributed by atoms with E-state index in [0.717, 1.165) is 17.3 Å². The summed E-state index contributed by atoms with van der Waals surface area (Å²) in [5.41, 5.74) is 0. The fraction of sp³-hybridized carbons (Fsp3) is 0.462. The van der Waals surface area contributed by atoms with E-state index in [0.29, 0.717) is 17.3 Å². The van der Waals surface area contributed by atoms with Crippen molar-refractivity contribution in [3.63, 3.8) is 0 Å². The van der Waals surface area contributed by atoms with E-state index in [-0.39, 0.29) is 25.2 Å². The molecule has 1 fully saturated rings.